The van der Waals surface area contributed by atoms with E-state index in [2.05, 4.69) is 59.2 Å². The lowest BCUT2D eigenvalue weighted by molar-refractivity contribution is -0.135. The van der Waals surface area contributed by atoms with Gasteiger partial charge in [-0.15, -0.1) is 22.7 Å². The number of nitrogens with one attached hydrogen (secondary N) is 2. The van der Waals surface area contributed by atoms with E-state index in [0.717, 1.165) is 67.7 Å². The van der Waals surface area contributed by atoms with Crippen molar-refractivity contribution in [2.75, 3.05) is 13.1 Å². The van der Waals surface area contributed by atoms with Crippen LogP contribution in [0.5, 0.6) is 0 Å². The molecule has 8 rings (SSSR count). The van der Waals surface area contributed by atoms with Crippen molar-refractivity contribution in [1.29, 1.82) is 0 Å². The van der Waals surface area contributed by atoms with E-state index in [4.69, 9.17) is 19.4 Å². The van der Waals surface area contributed by atoms with Crippen molar-refractivity contribution in [2.45, 2.75) is 103 Å². The molecule has 0 saturated carbocycles. The first-order valence-corrected chi connectivity index (χ1v) is 24.1. The molecule has 6 aromatic rings. The number of amides is 4. The summed E-state index contributed by atoms with van der Waals surface area (Å²) in [6.07, 6.45) is 5.72. The minimum absolute atomic E-state index is 0.187. The molecule has 2 aromatic heterocycles. The van der Waals surface area contributed by atoms with Crippen LogP contribution >= 0.6 is 22.7 Å². The van der Waals surface area contributed by atoms with Gasteiger partial charge in [0.15, 0.2) is 0 Å². The van der Waals surface area contributed by atoms with Gasteiger partial charge in [0.25, 0.3) is 11.8 Å². The molecular weight excluding hydrogens is 869 g/mol. The fourth-order valence-electron chi connectivity index (χ4n) is 8.43. The molecule has 4 aromatic carbocycles. The van der Waals surface area contributed by atoms with E-state index in [-0.39, 0.29) is 23.9 Å². The number of carbonyl (C=O) groups is 4. The van der Waals surface area contributed by atoms with Crippen LogP contribution in [-0.4, -0.2) is 68.1 Å². The van der Waals surface area contributed by atoms with Crippen molar-refractivity contribution < 1.29 is 28.7 Å². The van der Waals surface area contributed by atoms with Crippen LogP contribution in [0.1, 0.15) is 113 Å². The van der Waals surface area contributed by atoms with Crippen LogP contribution in [0.4, 0.5) is 9.59 Å². The molecule has 4 atom stereocenters. The molecule has 0 spiro atoms. The van der Waals surface area contributed by atoms with E-state index in [1.54, 1.807) is 64.2 Å². The highest BCUT2D eigenvalue weighted by Crippen LogP contribution is 2.41. The topological polar surface area (TPSA) is 143 Å². The maximum Gasteiger partial charge on any atom is 0.408 e. The summed E-state index contributed by atoms with van der Waals surface area (Å²) in [4.78, 5) is 69.5. The summed E-state index contributed by atoms with van der Waals surface area (Å²) in [7, 11) is 0. The van der Waals surface area contributed by atoms with E-state index in [9.17, 15) is 19.2 Å². The Morgan fingerprint density at radius 3 is 1.24 bits per heavy atom. The second-order valence-electron chi connectivity index (χ2n) is 18.6. The number of ether oxygens (including phenoxy) is 2. The molecule has 4 amide bonds. The summed E-state index contributed by atoms with van der Waals surface area (Å²) in [6, 6.07) is 33.2. The molecule has 2 saturated heterocycles. The zero-order valence-corrected chi connectivity index (χ0v) is 39.8. The Morgan fingerprint density at radius 2 is 0.894 bits per heavy atom. The second-order valence-corrected chi connectivity index (χ2v) is 20.8. The summed E-state index contributed by atoms with van der Waals surface area (Å²) < 4.78 is 11.1. The van der Waals surface area contributed by atoms with Crippen LogP contribution < -0.4 is 10.6 Å². The molecule has 2 aliphatic rings. The van der Waals surface area contributed by atoms with Gasteiger partial charge < -0.3 is 29.9 Å². The Balaban J connectivity index is 0.922. The molecule has 2 aliphatic heterocycles. The summed E-state index contributed by atoms with van der Waals surface area (Å²) in [5, 5.41) is 7.40. The number of rotatable bonds is 11. The lowest BCUT2D eigenvalue weighted by atomic mass is 10.0. The molecule has 0 bridgehead atoms. The second kappa shape index (κ2) is 19.6. The highest BCUT2D eigenvalue weighted by Gasteiger charge is 2.39. The Kier molecular flexibility index (Phi) is 13.7. The number of thiazole rings is 2. The first kappa shape index (κ1) is 46.2. The number of carbonyl (C=O) groups excluding carboxylic acids is 4. The number of likely N-dealkylation sites (tertiary alicyclic amines) is 2. The van der Waals surface area contributed by atoms with E-state index < -0.39 is 35.5 Å². The van der Waals surface area contributed by atoms with Gasteiger partial charge in [-0.3, -0.25) is 9.59 Å². The molecule has 0 radical (unpaired) electrons. The lowest BCUT2D eigenvalue weighted by Gasteiger charge is -2.29. The van der Waals surface area contributed by atoms with E-state index in [1.165, 1.54) is 0 Å². The van der Waals surface area contributed by atoms with Gasteiger partial charge in [-0.25, -0.2) is 19.6 Å². The fourth-order valence-corrected chi connectivity index (χ4v) is 10.6. The quantitative estimate of drug-likeness (QED) is 0.131. The molecule has 0 aliphatic carbocycles. The van der Waals surface area contributed by atoms with Crippen molar-refractivity contribution >= 4 is 46.7 Å². The van der Waals surface area contributed by atoms with Gasteiger partial charge in [-0.1, -0.05) is 109 Å². The van der Waals surface area contributed by atoms with Crippen LogP contribution in [0.25, 0.3) is 32.0 Å². The van der Waals surface area contributed by atoms with Crippen molar-refractivity contribution in [2.24, 2.45) is 0 Å². The first-order valence-electron chi connectivity index (χ1n) is 22.4. The Bertz CT molecular complexity index is 2450. The van der Waals surface area contributed by atoms with Gasteiger partial charge in [0.1, 0.15) is 33.3 Å². The van der Waals surface area contributed by atoms with Crippen LogP contribution in [0.2, 0.25) is 0 Å². The van der Waals surface area contributed by atoms with E-state index in [0.29, 0.717) is 24.2 Å². The summed E-state index contributed by atoms with van der Waals surface area (Å²) in [5.74, 6) is -0.374. The highest BCUT2D eigenvalue weighted by atomic mass is 32.1. The predicted molar refractivity (Wildman–Crippen MR) is 259 cm³/mol. The number of alkyl carbamates (subject to hydrolysis) is 2. The molecule has 342 valence electrons. The SMILES string of the molecule is CC(C)(C)OC(=O)N[C@H](C(=O)N1CCC[C@@H]1c1ncc(-c2ccc(-c3ccc(-c4cnc([C@H]5CCCN5C(=O)[C@@H](NC(=O)OC(C)(C)C)c5ccccc5)s4)cc3)cc2)s1)c1ccccc1. The monoisotopic (exact) mass is 924 g/mol. The summed E-state index contributed by atoms with van der Waals surface area (Å²) in [6.45, 7) is 11.9. The maximum absolute atomic E-state index is 14.2. The van der Waals surface area contributed by atoms with E-state index in [1.807, 2.05) is 82.9 Å². The third-order valence-electron chi connectivity index (χ3n) is 11.4. The first-order chi connectivity index (χ1) is 31.6. The molecule has 66 heavy (non-hydrogen) atoms. The van der Waals surface area contributed by atoms with Crippen molar-refractivity contribution in [3.05, 3.63) is 143 Å². The molecule has 0 unspecified atom stereocenters. The Morgan fingerprint density at radius 1 is 0.545 bits per heavy atom. The number of hydrogen-bond acceptors (Lipinski definition) is 10. The predicted octanol–water partition coefficient (Wildman–Crippen LogP) is 11.5. The molecule has 2 fully saturated rings. The number of benzene rings is 4. The van der Waals surface area contributed by atoms with Gasteiger partial charge in [0.05, 0.1) is 21.8 Å². The largest absolute Gasteiger partial charge is 0.444 e. The fraction of sp³-hybridized carbons (Fsp3) is 0.346. The number of nitrogens with zero attached hydrogens (tertiary/aromatic N) is 4. The normalized spacial score (nSPS) is 17.2. The molecule has 14 heteroatoms. The van der Waals surface area contributed by atoms with Crippen molar-refractivity contribution in [1.82, 2.24) is 30.4 Å². The van der Waals surface area contributed by atoms with Gasteiger partial charge in [0.2, 0.25) is 0 Å². The number of aromatic nitrogens is 2. The molecule has 12 nitrogen and oxygen atoms in total. The lowest BCUT2D eigenvalue weighted by Crippen LogP contribution is -2.44. The average Bonchev–Trinajstić information content (AvgIpc) is 4.14. The minimum Gasteiger partial charge on any atom is -0.444 e. The minimum atomic E-state index is -0.890. The van der Waals surface area contributed by atoms with Crippen molar-refractivity contribution in [3.63, 3.8) is 0 Å². The highest BCUT2D eigenvalue weighted by molar-refractivity contribution is 7.15. The standard InChI is InChI=1S/C52H56N6O6S2/c1-51(2,3)63-49(61)55-43(37-15-9-7-10-16-37)47(59)57-29-13-19-39(57)45-53-31-41(65-45)35-25-21-33(22-26-35)34-23-27-36(28-24-34)42-32-54-46(66-42)40-20-14-30-58(40)48(60)44(38-17-11-8-12-18-38)56-50(62)64-52(4,5)6/h7-12,15-18,21-28,31-32,39-40,43-44H,13-14,19-20,29-30H2,1-6H3,(H,55,61)(H,56,62)/t39-,40-,43+,44+/m1/s1. The molecular formula is C52H56N6O6S2. The third kappa shape index (κ3) is 11.0. The Labute approximate surface area is 394 Å². The zero-order valence-electron chi connectivity index (χ0n) is 38.2. The van der Waals surface area contributed by atoms with Gasteiger partial charge >= 0.3 is 12.2 Å². The summed E-state index contributed by atoms with van der Waals surface area (Å²) in [5.41, 5.74) is 4.20. The smallest absolute Gasteiger partial charge is 0.408 e. The molecule has 2 N–H and O–H groups in total. The van der Waals surface area contributed by atoms with Gasteiger partial charge in [-0.05, 0) is 101 Å². The third-order valence-corrected chi connectivity index (χ3v) is 13.7. The van der Waals surface area contributed by atoms with Gasteiger partial charge in [-0.2, -0.15) is 0 Å². The Hall–Kier alpha value is -6.38. The van der Waals surface area contributed by atoms with Crippen LogP contribution in [0, 0.1) is 0 Å². The zero-order chi connectivity index (χ0) is 46.6. The maximum atomic E-state index is 14.2. The van der Waals surface area contributed by atoms with E-state index >= 15 is 0 Å². The van der Waals surface area contributed by atoms with Crippen LogP contribution in [0.3, 0.4) is 0 Å². The van der Waals surface area contributed by atoms with Crippen LogP contribution in [-0.2, 0) is 19.1 Å². The van der Waals surface area contributed by atoms with Crippen molar-refractivity contribution in [3.8, 4) is 32.0 Å². The van der Waals surface area contributed by atoms with Gasteiger partial charge in [0, 0.05) is 25.5 Å². The summed E-state index contributed by atoms with van der Waals surface area (Å²) >= 11 is 3.17. The average molecular weight is 925 g/mol. The molecule has 4 heterocycles. The number of hydrogen-bond donors (Lipinski definition) is 2. The van der Waals surface area contributed by atoms with Crippen LogP contribution in [0.15, 0.2) is 122 Å².